The number of hydrogen-bond acceptors (Lipinski definition) is 2. The molecule has 0 heterocycles. The van der Waals surface area contributed by atoms with Crippen molar-refractivity contribution in [2.45, 2.75) is 19.6 Å². The third kappa shape index (κ3) is 4.04. The second-order valence-electron chi connectivity index (χ2n) is 5.83. The SMILES string of the molecule is CN(C)C(=O)c1ccc(/C(=C/CO)[Si](C)(C)C)cc1. The summed E-state index contributed by atoms with van der Waals surface area (Å²) in [5.41, 5.74) is 1.79. The Morgan fingerprint density at radius 1 is 1.16 bits per heavy atom. The van der Waals surface area contributed by atoms with Crippen molar-refractivity contribution in [2.75, 3.05) is 20.7 Å². The summed E-state index contributed by atoms with van der Waals surface area (Å²) < 4.78 is 0. The van der Waals surface area contributed by atoms with Crippen LogP contribution in [0.15, 0.2) is 30.3 Å². The Labute approximate surface area is 116 Å². The van der Waals surface area contributed by atoms with Crippen LogP contribution in [0.4, 0.5) is 0 Å². The molecular weight excluding hydrogens is 254 g/mol. The van der Waals surface area contributed by atoms with Gasteiger partial charge in [-0.1, -0.05) is 43.0 Å². The van der Waals surface area contributed by atoms with Crippen LogP contribution < -0.4 is 0 Å². The van der Waals surface area contributed by atoms with Crippen LogP contribution in [0.25, 0.3) is 5.20 Å². The van der Waals surface area contributed by atoms with E-state index in [1.54, 1.807) is 19.0 Å². The highest BCUT2D eigenvalue weighted by atomic mass is 28.3. The maximum atomic E-state index is 11.8. The quantitative estimate of drug-likeness (QED) is 0.860. The summed E-state index contributed by atoms with van der Waals surface area (Å²) in [4.78, 5) is 13.4. The highest BCUT2D eigenvalue weighted by molar-refractivity contribution is 6.93. The first-order valence-electron chi connectivity index (χ1n) is 6.41. The zero-order valence-corrected chi connectivity index (χ0v) is 13.4. The Balaban J connectivity index is 3.10. The summed E-state index contributed by atoms with van der Waals surface area (Å²) in [6.07, 6.45) is 1.88. The molecule has 0 radical (unpaired) electrons. The molecule has 1 aromatic carbocycles. The monoisotopic (exact) mass is 277 g/mol. The van der Waals surface area contributed by atoms with Gasteiger partial charge in [0.2, 0.25) is 0 Å². The van der Waals surface area contributed by atoms with Crippen LogP contribution in [0.5, 0.6) is 0 Å². The molecule has 0 spiro atoms. The van der Waals surface area contributed by atoms with E-state index in [-0.39, 0.29) is 12.5 Å². The fraction of sp³-hybridized carbons (Fsp3) is 0.400. The normalized spacial score (nSPS) is 12.4. The van der Waals surface area contributed by atoms with E-state index in [1.807, 2.05) is 30.3 Å². The fourth-order valence-corrected chi connectivity index (χ4v) is 3.74. The van der Waals surface area contributed by atoms with Crippen molar-refractivity contribution in [3.63, 3.8) is 0 Å². The molecule has 1 amide bonds. The van der Waals surface area contributed by atoms with Gasteiger partial charge >= 0.3 is 0 Å². The van der Waals surface area contributed by atoms with E-state index in [4.69, 9.17) is 5.11 Å². The van der Waals surface area contributed by atoms with E-state index in [2.05, 4.69) is 19.6 Å². The Kier molecular flexibility index (Phi) is 5.09. The van der Waals surface area contributed by atoms with Gasteiger partial charge in [0.15, 0.2) is 0 Å². The molecular formula is C15H23NO2Si. The summed E-state index contributed by atoms with van der Waals surface area (Å²) >= 11 is 0. The topological polar surface area (TPSA) is 40.5 Å². The second kappa shape index (κ2) is 6.17. The Morgan fingerprint density at radius 3 is 2.00 bits per heavy atom. The Hall–Kier alpha value is -1.39. The number of carbonyl (C=O) groups is 1. The third-order valence-electron chi connectivity index (χ3n) is 2.95. The van der Waals surface area contributed by atoms with Crippen LogP contribution in [0.2, 0.25) is 19.6 Å². The molecule has 0 saturated heterocycles. The number of nitrogens with zero attached hydrogens (tertiary/aromatic N) is 1. The maximum Gasteiger partial charge on any atom is 0.253 e. The molecule has 0 aliphatic heterocycles. The highest BCUT2D eigenvalue weighted by Crippen LogP contribution is 2.26. The molecule has 1 aromatic rings. The predicted molar refractivity (Wildman–Crippen MR) is 82.9 cm³/mol. The molecule has 0 saturated carbocycles. The average molecular weight is 277 g/mol. The first kappa shape index (κ1) is 15.7. The van der Waals surface area contributed by atoms with Gasteiger partial charge < -0.3 is 10.0 Å². The van der Waals surface area contributed by atoms with Crippen LogP contribution in [-0.4, -0.2) is 44.7 Å². The molecule has 0 aliphatic rings. The van der Waals surface area contributed by atoms with Gasteiger partial charge in [0, 0.05) is 19.7 Å². The van der Waals surface area contributed by atoms with E-state index in [0.717, 1.165) is 5.56 Å². The fourth-order valence-electron chi connectivity index (χ4n) is 2.00. The maximum absolute atomic E-state index is 11.8. The van der Waals surface area contributed by atoms with Crippen LogP contribution >= 0.6 is 0 Å². The highest BCUT2D eigenvalue weighted by Gasteiger charge is 2.21. The molecule has 1 N–H and O–H groups in total. The summed E-state index contributed by atoms with van der Waals surface area (Å²) in [5.74, 6) is 0.00670. The zero-order chi connectivity index (χ0) is 14.6. The van der Waals surface area contributed by atoms with E-state index in [0.29, 0.717) is 5.56 Å². The van der Waals surface area contributed by atoms with Crippen LogP contribution in [0.1, 0.15) is 15.9 Å². The number of benzene rings is 1. The van der Waals surface area contributed by atoms with Gasteiger partial charge in [-0.25, -0.2) is 0 Å². The van der Waals surface area contributed by atoms with Crippen LogP contribution in [-0.2, 0) is 0 Å². The van der Waals surface area contributed by atoms with Crippen molar-refractivity contribution in [3.05, 3.63) is 41.5 Å². The molecule has 0 atom stereocenters. The summed E-state index contributed by atoms with van der Waals surface area (Å²) in [5, 5.41) is 10.4. The lowest BCUT2D eigenvalue weighted by atomic mass is 10.1. The van der Waals surface area contributed by atoms with Crippen LogP contribution in [0, 0.1) is 0 Å². The van der Waals surface area contributed by atoms with Gasteiger partial charge in [-0.2, -0.15) is 0 Å². The number of amides is 1. The standard InChI is InChI=1S/C15H23NO2Si/c1-16(2)15(18)13-8-6-12(7-9-13)14(10-11-17)19(3,4)5/h6-10,17H,11H2,1-5H3/b14-10-. The van der Waals surface area contributed by atoms with Crippen molar-refractivity contribution in [1.29, 1.82) is 0 Å². The molecule has 0 aliphatic carbocycles. The molecule has 0 unspecified atom stereocenters. The van der Waals surface area contributed by atoms with Gasteiger partial charge in [0.05, 0.1) is 14.7 Å². The average Bonchev–Trinajstić information content (AvgIpc) is 2.34. The lowest BCUT2D eigenvalue weighted by molar-refractivity contribution is 0.0827. The van der Waals surface area contributed by atoms with Crippen molar-refractivity contribution < 1.29 is 9.90 Å². The lowest BCUT2D eigenvalue weighted by Crippen LogP contribution is -2.24. The Bertz CT molecular complexity index is 470. The first-order valence-corrected chi connectivity index (χ1v) is 9.91. The van der Waals surface area contributed by atoms with Crippen molar-refractivity contribution in [1.82, 2.24) is 4.90 Å². The minimum absolute atomic E-state index is 0.00670. The molecule has 0 bridgehead atoms. The van der Waals surface area contributed by atoms with Crippen LogP contribution in [0.3, 0.4) is 0 Å². The number of aliphatic hydroxyl groups is 1. The van der Waals surface area contributed by atoms with Crippen molar-refractivity contribution in [3.8, 4) is 0 Å². The molecule has 0 fully saturated rings. The zero-order valence-electron chi connectivity index (χ0n) is 12.4. The number of aliphatic hydroxyl groups excluding tert-OH is 1. The minimum Gasteiger partial charge on any atom is -0.392 e. The summed E-state index contributed by atoms with van der Waals surface area (Å²) in [7, 11) is 1.98. The van der Waals surface area contributed by atoms with Gasteiger partial charge in [0.25, 0.3) is 5.91 Å². The molecule has 104 valence electrons. The number of carbonyl (C=O) groups excluding carboxylic acids is 1. The van der Waals surface area contributed by atoms with Crippen molar-refractivity contribution in [2.24, 2.45) is 0 Å². The largest absolute Gasteiger partial charge is 0.392 e. The molecule has 4 heteroatoms. The molecule has 19 heavy (non-hydrogen) atoms. The van der Waals surface area contributed by atoms with E-state index in [1.165, 1.54) is 5.20 Å². The summed E-state index contributed by atoms with van der Waals surface area (Å²) in [6.45, 7) is 6.78. The second-order valence-corrected chi connectivity index (χ2v) is 10.9. The third-order valence-corrected chi connectivity index (χ3v) is 5.06. The van der Waals surface area contributed by atoms with E-state index in [9.17, 15) is 4.79 Å². The lowest BCUT2D eigenvalue weighted by Gasteiger charge is -2.21. The predicted octanol–water partition coefficient (Wildman–Crippen LogP) is 2.64. The van der Waals surface area contributed by atoms with Gasteiger partial charge in [-0.15, -0.1) is 0 Å². The van der Waals surface area contributed by atoms with Gasteiger partial charge in [-0.3, -0.25) is 4.79 Å². The number of hydrogen-bond donors (Lipinski definition) is 1. The minimum atomic E-state index is -1.51. The smallest absolute Gasteiger partial charge is 0.253 e. The number of rotatable bonds is 4. The van der Waals surface area contributed by atoms with E-state index < -0.39 is 8.07 Å². The summed E-state index contributed by atoms with van der Waals surface area (Å²) in [6, 6.07) is 7.64. The molecule has 3 nitrogen and oxygen atoms in total. The molecule has 1 rings (SSSR count). The van der Waals surface area contributed by atoms with Crippen molar-refractivity contribution >= 4 is 19.2 Å². The first-order chi connectivity index (χ1) is 8.77. The van der Waals surface area contributed by atoms with Gasteiger partial charge in [-0.05, 0) is 17.7 Å². The Morgan fingerprint density at radius 2 is 1.63 bits per heavy atom. The van der Waals surface area contributed by atoms with Gasteiger partial charge in [0.1, 0.15) is 0 Å². The molecule has 0 aromatic heterocycles. The van der Waals surface area contributed by atoms with E-state index >= 15 is 0 Å².